The number of hydrogen-bond donors (Lipinski definition) is 1. The van der Waals surface area contributed by atoms with Crippen molar-refractivity contribution in [1.29, 1.82) is 0 Å². The van der Waals surface area contributed by atoms with Crippen LogP contribution >= 0.6 is 22.6 Å². The van der Waals surface area contributed by atoms with Gasteiger partial charge in [-0.1, -0.05) is 26.0 Å². The molecule has 2 heterocycles. The van der Waals surface area contributed by atoms with Crippen LogP contribution in [0.25, 0.3) is 17.2 Å². The first-order valence-electron chi connectivity index (χ1n) is 8.23. The van der Waals surface area contributed by atoms with Gasteiger partial charge in [0, 0.05) is 52.8 Å². The van der Waals surface area contributed by atoms with Gasteiger partial charge in [0.15, 0.2) is 6.29 Å². The predicted octanol–water partition coefficient (Wildman–Crippen LogP) is 5.12. The molecule has 1 aliphatic rings. The van der Waals surface area contributed by atoms with Crippen molar-refractivity contribution in [2.45, 2.75) is 26.6 Å². The lowest BCUT2D eigenvalue weighted by atomic mass is 9.86. The van der Waals surface area contributed by atoms with Crippen molar-refractivity contribution < 1.29 is 9.47 Å². The Bertz CT molecular complexity index is 799. The highest BCUT2D eigenvalue weighted by Gasteiger charge is 2.35. The molecule has 0 radical (unpaired) electrons. The van der Waals surface area contributed by atoms with Crippen molar-refractivity contribution in [2.24, 2.45) is 10.4 Å². The first kappa shape index (κ1) is 18.4. The summed E-state index contributed by atoms with van der Waals surface area (Å²) in [6.07, 6.45) is 4.55. The summed E-state index contributed by atoms with van der Waals surface area (Å²) in [5, 5.41) is 0. The molecule has 0 saturated carbocycles. The molecule has 25 heavy (non-hydrogen) atoms. The third kappa shape index (κ3) is 3.88. The van der Waals surface area contributed by atoms with Crippen LogP contribution in [0.1, 0.15) is 26.0 Å². The smallest absolute Gasteiger partial charge is 0.196 e. The fourth-order valence-electron chi connectivity index (χ4n) is 3.14. The number of halogens is 1. The number of H-pyrrole nitrogens is 1. The molecular formula is C20H23IN2O2. The minimum Gasteiger partial charge on any atom is -0.361 e. The first-order valence-corrected chi connectivity index (χ1v) is 9.31. The van der Waals surface area contributed by atoms with Gasteiger partial charge < -0.3 is 14.5 Å². The fourth-order valence-corrected chi connectivity index (χ4v) is 3.50. The Balaban J connectivity index is 1.98. The average Bonchev–Trinajstić information content (AvgIpc) is 3.15. The van der Waals surface area contributed by atoms with Crippen molar-refractivity contribution in [3.63, 3.8) is 0 Å². The number of rotatable bonds is 5. The van der Waals surface area contributed by atoms with E-state index in [4.69, 9.17) is 14.5 Å². The van der Waals surface area contributed by atoms with Crippen molar-refractivity contribution >= 4 is 34.4 Å². The summed E-state index contributed by atoms with van der Waals surface area (Å²) in [5.74, 6) is 0. The molecule has 0 fully saturated rings. The third-order valence-electron chi connectivity index (χ3n) is 4.50. The van der Waals surface area contributed by atoms with E-state index < -0.39 is 0 Å². The Morgan fingerprint density at radius 2 is 1.84 bits per heavy atom. The number of ether oxygens (including phenoxy) is 2. The second-order valence-corrected chi connectivity index (χ2v) is 8.05. The number of aromatic nitrogens is 1. The number of nitrogens with one attached hydrogen (secondary N) is 1. The van der Waals surface area contributed by atoms with Gasteiger partial charge in [-0.2, -0.15) is 0 Å². The minimum absolute atomic E-state index is 0.0565. The third-order valence-corrected chi connectivity index (χ3v) is 5.22. The summed E-state index contributed by atoms with van der Waals surface area (Å²) in [6.45, 7) is 4.40. The molecule has 0 amide bonds. The summed E-state index contributed by atoms with van der Waals surface area (Å²) in [7, 11) is 3.29. The van der Waals surface area contributed by atoms with E-state index in [0.29, 0.717) is 0 Å². The largest absolute Gasteiger partial charge is 0.361 e. The molecule has 0 bridgehead atoms. The molecule has 0 unspecified atom stereocenters. The maximum absolute atomic E-state index is 5.38. The topological polar surface area (TPSA) is 46.6 Å². The Labute approximate surface area is 162 Å². The van der Waals surface area contributed by atoms with E-state index in [2.05, 4.69) is 77.8 Å². The van der Waals surface area contributed by atoms with Crippen LogP contribution in [0.3, 0.4) is 0 Å². The number of hydrogen-bond acceptors (Lipinski definition) is 3. The molecule has 132 valence electrons. The number of allylic oxidation sites excluding steroid dienone is 1. The van der Waals surface area contributed by atoms with Gasteiger partial charge in [-0.05, 0) is 52.4 Å². The van der Waals surface area contributed by atoms with E-state index in [1.807, 2.05) is 6.20 Å². The number of aromatic amines is 1. The van der Waals surface area contributed by atoms with Crippen LogP contribution in [0, 0.1) is 8.99 Å². The lowest BCUT2D eigenvalue weighted by Crippen LogP contribution is -2.25. The van der Waals surface area contributed by atoms with Gasteiger partial charge in [-0.3, -0.25) is 4.99 Å². The number of methoxy groups -OCH3 is 2. The van der Waals surface area contributed by atoms with Crippen LogP contribution < -0.4 is 0 Å². The highest BCUT2D eigenvalue weighted by atomic mass is 127. The van der Waals surface area contributed by atoms with Crippen molar-refractivity contribution in [3.05, 3.63) is 51.5 Å². The van der Waals surface area contributed by atoms with Gasteiger partial charge >= 0.3 is 0 Å². The zero-order valence-electron chi connectivity index (χ0n) is 15.0. The van der Waals surface area contributed by atoms with E-state index in [1.165, 1.54) is 14.7 Å². The maximum atomic E-state index is 5.38. The number of nitrogens with zero attached hydrogens (tertiary/aromatic N) is 1. The SMILES string of the molecule is COC(OC)C1=N/C(=C\c2[nH]ccc2-c2ccc(I)cc2)C(C)(C)C1. The second-order valence-electron chi connectivity index (χ2n) is 6.81. The van der Waals surface area contributed by atoms with Crippen LogP contribution in [-0.4, -0.2) is 31.2 Å². The molecule has 1 N–H and O–H groups in total. The Kier molecular flexibility index (Phi) is 5.46. The van der Waals surface area contributed by atoms with Gasteiger partial charge in [0.2, 0.25) is 0 Å². The standard InChI is InChI=1S/C20H23IN2O2/c1-20(2)12-17(19(24-3)25-4)23-18(20)11-16-15(9-10-22-16)13-5-7-14(21)8-6-13/h5-11,19,22H,12H2,1-4H3/b18-11-. The highest BCUT2D eigenvalue weighted by molar-refractivity contribution is 14.1. The van der Waals surface area contributed by atoms with Crippen LogP contribution in [0.5, 0.6) is 0 Å². The molecule has 3 rings (SSSR count). The lowest BCUT2D eigenvalue weighted by molar-refractivity contribution is -0.0532. The van der Waals surface area contributed by atoms with E-state index in [-0.39, 0.29) is 11.7 Å². The number of benzene rings is 1. The normalized spacial score (nSPS) is 18.2. The Morgan fingerprint density at radius 3 is 2.48 bits per heavy atom. The lowest BCUT2D eigenvalue weighted by Gasteiger charge is -2.19. The Morgan fingerprint density at radius 1 is 1.16 bits per heavy atom. The molecule has 0 spiro atoms. The molecule has 5 heteroatoms. The molecule has 0 aliphatic carbocycles. The first-order chi connectivity index (χ1) is 11.9. The predicted molar refractivity (Wildman–Crippen MR) is 111 cm³/mol. The quantitative estimate of drug-likeness (QED) is 0.508. The molecule has 0 atom stereocenters. The second kappa shape index (κ2) is 7.43. The van der Waals surface area contributed by atoms with Crippen molar-refractivity contribution in [3.8, 4) is 11.1 Å². The van der Waals surface area contributed by atoms with Crippen LogP contribution in [0.2, 0.25) is 0 Å². The summed E-state index contributed by atoms with van der Waals surface area (Å²) < 4.78 is 12.0. The van der Waals surface area contributed by atoms with Gasteiger partial charge in [-0.25, -0.2) is 0 Å². The monoisotopic (exact) mass is 450 g/mol. The van der Waals surface area contributed by atoms with Crippen LogP contribution in [0.15, 0.2) is 47.2 Å². The fraction of sp³-hybridized carbons (Fsp3) is 0.350. The summed E-state index contributed by atoms with van der Waals surface area (Å²) >= 11 is 2.32. The van der Waals surface area contributed by atoms with E-state index >= 15 is 0 Å². The maximum Gasteiger partial charge on any atom is 0.196 e. The Hall–Kier alpha value is -1.44. The summed E-state index contributed by atoms with van der Waals surface area (Å²) in [5.41, 5.74) is 5.36. The molecule has 0 saturated heterocycles. The zero-order valence-corrected chi connectivity index (χ0v) is 17.1. The summed E-state index contributed by atoms with van der Waals surface area (Å²) in [4.78, 5) is 8.16. The molecule has 4 nitrogen and oxygen atoms in total. The van der Waals surface area contributed by atoms with E-state index in [9.17, 15) is 0 Å². The number of aliphatic imine (C=N–C) groups is 1. The van der Waals surface area contributed by atoms with Crippen LogP contribution in [-0.2, 0) is 9.47 Å². The molecule has 1 aromatic carbocycles. The van der Waals surface area contributed by atoms with E-state index in [1.54, 1.807) is 14.2 Å². The zero-order chi connectivity index (χ0) is 18.0. The molecule has 1 aromatic heterocycles. The minimum atomic E-state index is -0.385. The molecule has 1 aliphatic heterocycles. The van der Waals surface area contributed by atoms with Gasteiger partial charge in [0.05, 0.1) is 5.71 Å². The van der Waals surface area contributed by atoms with Gasteiger partial charge in [0.1, 0.15) is 0 Å². The summed E-state index contributed by atoms with van der Waals surface area (Å²) in [6, 6.07) is 10.6. The highest BCUT2D eigenvalue weighted by Crippen LogP contribution is 2.40. The van der Waals surface area contributed by atoms with Gasteiger partial charge in [-0.15, -0.1) is 0 Å². The van der Waals surface area contributed by atoms with Gasteiger partial charge in [0.25, 0.3) is 0 Å². The van der Waals surface area contributed by atoms with E-state index in [0.717, 1.165) is 23.5 Å². The van der Waals surface area contributed by atoms with Crippen LogP contribution in [0.4, 0.5) is 0 Å². The molecule has 2 aromatic rings. The molecular weight excluding hydrogens is 427 g/mol. The van der Waals surface area contributed by atoms with Crippen molar-refractivity contribution in [2.75, 3.05) is 14.2 Å². The van der Waals surface area contributed by atoms with Crippen molar-refractivity contribution in [1.82, 2.24) is 4.98 Å². The average molecular weight is 450 g/mol.